The fraction of sp³-hybridized carbons (Fsp3) is 0.278. The molecule has 0 spiro atoms. The number of halogens is 1. The number of nitrogens with zero attached hydrogens (tertiary/aromatic N) is 1. The molecular formula is C18H21ClN3O3+. The molecule has 7 heteroatoms. The van der Waals surface area contributed by atoms with Gasteiger partial charge in [-0.15, -0.1) is 0 Å². The molecule has 0 aliphatic rings. The summed E-state index contributed by atoms with van der Waals surface area (Å²) in [5.41, 5.74) is 3.50. The Kier molecular flexibility index (Phi) is 6.12. The van der Waals surface area contributed by atoms with Crippen LogP contribution >= 0.6 is 11.6 Å². The van der Waals surface area contributed by atoms with Crippen molar-refractivity contribution >= 4 is 28.9 Å². The molecule has 0 fully saturated rings. The van der Waals surface area contributed by atoms with Crippen LogP contribution in [0.3, 0.4) is 0 Å². The van der Waals surface area contributed by atoms with Crippen molar-refractivity contribution in [2.24, 2.45) is 0 Å². The molecule has 6 nitrogen and oxygen atoms in total. The number of carbonyl (C=O) groups is 1. The van der Waals surface area contributed by atoms with Gasteiger partial charge in [-0.05, 0) is 31.5 Å². The second-order valence-electron chi connectivity index (χ2n) is 6.21. The molecule has 2 rings (SSSR count). The number of nitro groups is 1. The summed E-state index contributed by atoms with van der Waals surface area (Å²) in [5, 5.41) is 13.9. The first-order valence-electron chi connectivity index (χ1n) is 7.87. The van der Waals surface area contributed by atoms with E-state index in [-0.39, 0.29) is 28.8 Å². The number of aryl methyl sites for hydroxylation is 2. The molecule has 1 amide bonds. The highest BCUT2D eigenvalue weighted by Gasteiger charge is 2.18. The maximum atomic E-state index is 12.2. The molecule has 2 aromatic rings. The summed E-state index contributed by atoms with van der Waals surface area (Å²) in [6, 6.07) is 10.4. The number of carbonyl (C=O) groups excluding carboxylic acids is 1. The quantitative estimate of drug-likeness (QED) is 0.612. The van der Waals surface area contributed by atoms with Gasteiger partial charge in [0, 0.05) is 16.7 Å². The van der Waals surface area contributed by atoms with Crippen LogP contribution in [-0.4, -0.2) is 24.4 Å². The molecule has 0 heterocycles. The second kappa shape index (κ2) is 8.09. The van der Waals surface area contributed by atoms with Gasteiger partial charge in [-0.2, -0.15) is 0 Å². The Morgan fingerprint density at radius 1 is 1.24 bits per heavy atom. The third-order valence-electron chi connectivity index (χ3n) is 3.88. The van der Waals surface area contributed by atoms with E-state index in [0.717, 1.165) is 4.90 Å². The summed E-state index contributed by atoms with van der Waals surface area (Å²) >= 11 is 5.78. The fourth-order valence-electron chi connectivity index (χ4n) is 2.66. The number of nitrogens with one attached hydrogen (secondary N) is 2. The zero-order valence-corrected chi connectivity index (χ0v) is 15.2. The van der Waals surface area contributed by atoms with Crippen molar-refractivity contribution in [3.63, 3.8) is 0 Å². The average molecular weight is 363 g/mol. The molecule has 0 saturated heterocycles. The molecule has 2 N–H and O–H groups in total. The third kappa shape index (κ3) is 5.27. The zero-order chi connectivity index (χ0) is 18.6. The van der Waals surface area contributed by atoms with Gasteiger partial charge in [-0.3, -0.25) is 14.9 Å². The maximum absolute atomic E-state index is 12.2. The molecule has 1 atom stereocenters. The minimum absolute atomic E-state index is 0.152. The summed E-state index contributed by atoms with van der Waals surface area (Å²) in [6.45, 7) is 4.99. The van der Waals surface area contributed by atoms with Gasteiger partial charge in [0.25, 0.3) is 11.6 Å². The van der Waals surface area contributed by atoms with Crippen LogP contribution < -0.4 is 10.2 Å². The lowest BCUT2D eigenvalue weighted by Gasteiger charge is -2.15. The van der Waals surface area contributed by atoms with E-state index >= 15 is 0 Å². The summed E-state index contributed by atoms with van der Waals surface area (Å²) in [5.74, 6) is -0.285. The number of rotatable bonds is 6. The standard InChI is InChI=1S/C18H20ClN3O3/c1-12-4-5-14(13(2)8-12)10-21(3)11-18(23)20-16-7-6-15(19)9-17(16)22(24)25/h4-9H,10-11H2,1-3H3,(H,20,23)/p+1. The van der Waals surface area contributed by atoms with E-state index in [2.05, 4.69) is 17.4 Å². The number of nitro benzene ring substituents is 1. The molecule has 0 saturated carbocycles. The van der Waals surface area contributed by atoms with Gasteiger partial charge >= 0.3 is 0 Å². The van der Waals surface area contributed by atoms with Crippen LogP contribution in [0, 0.1) is 24.0 Å². The number of amides is 1. The smallest absolute Gasteiger partial charge is 0.294 e. The van der Waals surface area contributed by atoms with E-state index < -0.39 is 4.92 Å². The maximum Gasteiger partial charge on any atom is 0.294 e. The largest absolute Gasteiger partial charge is 0.326 e. The van der Waals surface area contributed by atoms with Gasteiger partial charge in [0.15, 0.2) is 6.54 Å². The number of hydrogen-bond acceptors (Lipinski definition) is 3. The molecule has 1 unspecified atom stereocenters. The van der Waals surface area contributed by atoms with Crippen molar-refractivity contribution in [2.45, 2.75) is 20.4 Å². The number of likely N-dealkylation sites (N-methyl/N-ethyl adjacent to an activating group) is 1. The van der Waals surface area contributed by atoms with Crippen molar-refractivity contribution < 1.29 is 14.6 Å². The molecule has 2 aromatic carbocycles. The van der Waals surface area contributed by atoms with Crippen LogP contribution in [0.2, 0.25) is 5.02 Å². The topological polar surface area (TPSA) is 76.7 Å². The Hall–Kier alpha value is -2.44. The molecule has 0 aliphatic heterocycles. The Bertz CT molecular complexity index is 808. The van der Waals surface area contributed by atoms with Gasteiger partial charge in [-0.1, -0.05) is 35.4 Å². The van der Waals surface area contributed by atoms with Crippen LogP contribution in [0.25, 0.3) is 0 Å². The summed E-state index contributed by atoms with van der Waals surface area (Å²) in [6.07, 6.45) is 0. The van der Waals surface area contributed by atoms with Crippen molar-refractivity contribution in [1.29, 1.82) is 0 Å². The predicted molar refractivity (Wildman–Crippen MR) is 98.1 cm³/mol. The van der Waals surface area contributed by atoms with E-state index in [1.807, 2.05) is 27.0 Å². The number of quaternary nitrogens is 1. The molecule has 0 aromatic heterocycles. The highest BCUT2D eigenvalue weighted by atomic mass is 35.5. The highest BCUT2D eigenvalue weighted by molar-refractivity contribution is 6.31. The third-order valence-corrected chi connectivity index (χ3v) is 4.12. The van der Waals surface area contributed by atoms with Crippen LogP contribution in [0.5, 0.6) is 0 Å². The minimum Gasteiger partial charge on any atom is -0.326 e. The SMILES string of the molecule is Cc1ccc(C[NH+](C)CC(=O)Nc2ccc(Cl)cc2[N+](=O)[O-])c(C)c1. The molecular weight excluding hydrogens is 342 g/mol. The van der Waals surface area contributed by atoms with Crippen molar-refractivity contribution in [1.82, 2.24) is 0 Å². The first kappa shape index (κ1) is 18.9. The van der Waals surface area contributed by atoms with Crippen molar-refractivity contribution in [2.75, 3.05) is 18.9 Å². The summed E-state index contributed by atoms with van der Waals surface area (Å²) in [7, 11) is 1.91. The zero-order valence-electron chi connectivity index (χ0n) is 14.4. The predicted octanol–water partition coefficient (Wildman–Crippen LogP) is 2.52. The Morgan fingerprint density at radius 3 is 2.60 bits per heavy atom. The van der Waals surface area contributed by atoms with Crippen LogP contribution in [0.15, 0.2) is 36.4 Å². The minimum atomic E-state index is -0.562. The van der Waals surface area contributed by atoms with E-state index in [1.165, 1.54) is 34.9 Å². The van der Waals surface area contributed by atoms with Crippen molar-refractivity contribution in [3.05, 3.63) is 68.2 Å². The van der Waals surface area contributed by atoms with Crippen LogP contribution in [0.1, 0.15) is 16.7 Å². The number of anilines is 1. The highest BCUT2D eigenvalue weighted by Crippen LogP contribution is 2.27. The molecule has 132 valence electrons. The van der Waals surface area contributed by atoms with Gasteiger partial charge in [0.2, 0.25) is 0 Å². The monoisotopic (exact) mass is 362 g/mol. The number of hydrogen-bond donors (Lipinski definition) is 2. The lowest BCUT2D eigenvalue weighted by atomic mass is 10.1. The van der Waals surface area contributed by atoms with Gasteiger partial charge in [0.1, 0.15) is 12.2 Å². The lowest BCUT2D eigenvalue weighted by molar-refractivity contribution is -0.885. The van der Waals surface area contributed by atoms with Crippen molar-refractivity contribution in [3.8, 4) is 0 Å². The molecule has 25 heavy (non-hydrogen) atoms. The summed E-state index contributed by atoms with van der Waals surface area (Å²) in [4.78, 5) is 23.7. The van der Waals surface area contributed by atoms with Gasteiger partial charge < -0.3 is 10.2 Å². The molecule has 0 radical (unpaired) electrons. The van der Waals surface area contributed by atoms with E-state index in [4.69, 9.17) is 11.6 Å². The second-order valence-corrected chi connectivity index (χ2v) is 6.64. The first-order valence-corrected chi connectivity index (χ1v) is 8.25. The Morgan fingerprint density at radius 2 is 1.96 bits per heavy atom. The molecule has 0 aliphatic carbocycles. The fourth-order valence-corrected chi connectivity index (χ4v) is 2.83. The van der Waals surface area contributed by atoms with E-state index in [1.54, 1.807) is 0 Å². The first-order chi connectivity index (χ1) is 11.8. The van der Waals surface area contributed by atoms with Gasteiger partial charge in [-0.25, -0.2) is 0 Å². The lowest BCUT2D eigenvalue weighted by Crippen LogP contribution is -3.08. The Labute approximate surface area is 151 Å². The molecule has 0 bridgehead atoms. The normalized spacial score (nSPS) is 11.8. The van der Waals surface area contributed by atoms with E-state index in [0.29, 0.717) is 6.54 Å². The summed E-state index contributed by atoms with van der Waals surface area (Å²) < 4.78 is 0. The average Bonchev–Trinajstić information content (AvgIpc) is 2.51. The van der Waals surface area contributed by atoms with Crippen LogP contribution in [0.4, 0.5) is 11.4 Å². The van der Waals surface area contributed by atoms with E-state index in [9.17, 15) is 14.9 Å². The number of benzene rings is 2. The van der Waals surface area contributed by atoms with Gasteiger partial charge in [0.05, 0.1) is 12.0 Å². The Balaban J connectivity index is 2.01. The van der Waals surface area contributed by atoms with Crippen LogP contribution in [-0.2, 0) is 11.3 Å².